The first kappa shape index (κ1) is 14.3. The van der Waals surface area contributed by atoms with Crippen LogP contribution in [0.3, 0.4) is 0 Å². The van der Waals surface area contributed by atoms with E-state index in [4.69, 9.17) is 4.74 Å². The molecule has 0 aromatic heterocycles. The zero-order valence-electron chi connectivity index (χ0n) is 11.2. The molecule has 1 fully saturated rings. The summed E-state index contributed by atoms with van der Waals surface area (Å²) in [6.07, 6.45) is 0.961. The van der Waals surface area contributed by atoms with Crippen molar-refractivity contribution < 1.29 is 14.6 Å². The fourth-order valence-corrected chi connectivity index (χ4v) is 2.81. The Balaban J connectivity index is 2.07. The highest BCUT2D eigenvalue weighted by atomic mass is 79.9. The summed E-state index contributed by atoms with van der Waals surface area (Å²) in [5.74, 6) is -0.273. The molecule has 104 valence electrons. The van der Waals surface area contributed by atoms with E-state index in [2.05, 4.69) is 35.1 Å². The predicted octanol–water partition coefficient (Wildman–Crippen LogP) is 2.70. The normalized spacial score (nSPS) is 24.6. The van der Waals surface area contributed by atoms with Crippen LogP contribution in [0.2, 0.25) is 0 Å². The van der Waals surface area contributed by atoms with Gasteiger partial charge in [-0.1, -0.05) is 29.8 Å². The molecule has 2 rings (SSSR count). The molecule has 0 heterocycles. The summed E-state index contributed by atoms with van der Waals surface area (Å²) >= 11 is 3.25. The second-order valence-electron chi connectivity index (χ2n) is 5.47. The quantitative estimate of drug-likeness (QED) is 0.897. The first-order valence-electron chi connectivity index (χ1n) is 6.18. The van der Waals surface area contributed by atoms with E-state index in [1.807, 2.05) is 0 Å². The standard InChI is InChI=1S/C14H18BrNO3/c1-14(2)11(7-12(14)19-3)16-13(18)9-5-4-8(15)6-10(9)17/h4-6,11-12,17H,7H2,1-3H3,(H,16,18). The SMILES string of the molecule is COC1CC(NC(=O)c2ccc(Br)cc2O)C1(C)C. The fraction of sp³-hybridized carbons (Fsp3) is 0.500. The van der Waals surface area contributed by atoms with E-state index in [1.165, 1.54) is 6.07 Å². The number of benzene rings is 1. The number of phenols is 1. The van der Waals surface area contributed by atoms with Gasteiger partial charge in [-0.15, -0.1) is 0 Å². The molecule has 4 nitrogen and oxygen atoms in total. The number of ether oxygens (including phenoxy) is 1. The predicted molar refractivity (Wildman–Crippen MR) is 76.3 cm³/mol. The lowest BCUT2D eigenvalue weighted by Crippen LogP contribution is -2.61. The minimum absolute atomic E-state index is 0.0210. The Morgan fingerprint density at radius 1 is 1.53 bits per heavy atom. The third kappa shape index (κ3) is 2.62. The van der Waals surface area contributed by atoms with Gasteiger partial charge in [-0.05, 0) is 24.6 Å². The van der Waals surface area contributed by atoms with E-state index in [0.717, 1.165) is 10.9 Å². The number of carbonyl (C=O) groups excluding carboxylic acids is 1. The van der Waals surface area contributed by atoms with Crippen molar-refractivity contribution >= 4 is 21.8 Å². The van der Waals surface area contributed by atoms with E-state index < -0.39 is 0 Å². The summed E-state index contributed by atoms with van der Waals surface area (Å²) in [4.78, 5) is 12.1. The van der Waals surface area contributed by atoms with Crippen LogP contribution >= 0.6 is 15.9 Å². The molecular formula is C14H18BrNO3. The highest BCUT2D eigenvalue weighted by Gasteiger charge is 2.49. The molecule has 1 amide bonds. The highest BCUT2D eigenvalue weighted by Crippen LogP contribution is 2.42. The first-order chi connectivity index (χ1) is 8.86. The molecule has 0 saturated heterocycles. The van der Waals surface area contributed by atoms with Crippen LogP contribution in [0.5, 0.6) is 5.75 Å². The number of carbonyl (C=O) groups is 1. The van der Waals surface area contributed by atoms with Crippen molar-refractivity contribution in [2.45, 2.75) is 32.4 Å². The number of hydrogen-bond donors (Lipinski definition) is 2. The average molecular weight is 328 g/mol. The van der Waals surface area contributed by atoms with Crippen molar-refractivity contribution in [1.82, 2.24) is 5.32 Å². The highest BCUT2D eigenvalue weighted by molar-refractivity contribution is 9.10. The van der Waals surface area contributed by atoms with Gasteiger partial charge in [0, 0.05) is 23.0 Å². The van der Waals surface area contributed by atoms with E-state index in [1.54, 1.807) is 19.2 Å². The Morgan fingerprint density at radius 2 is 2.21 bits per heavy atom. The minimum atomic E-state index is -0.252. The first-order valence-corrected chi connectivity index (χ1v) is 6.97. The van der Waals surface area contributed by atoms with Gasteiger partial charge in [-0.25, -0.2) is 0 Å². The number of nitrogens with one attached hydrogen (secondary N) is 1. The van der Waals surface area contributed by atoms with Gasteiger partial charge < -0.3 is 15.2 Å². The Hall–Kier alpha value is -1.07. The Kier molecular flexibility index (Phi) is 3.87. The smallest absolute Gasteiger partial charge is 0.255 e. The number of hydrogen-bond acceptors (Lipinski definition) is 3. The molecular weight excluding hydrogens is 310 g/mol. The largest absolute Gasteiger partial charge is 0.507 e. The van der Waals surface area contributed by atoms with Crippen LogP contribution in [-0.2, 0) is 4.74 Å². The maximum Gasteiger partial charge on any atom is 0.255 e. The maximum atomic E-state index is 12.1. The van der Waals surface area contributed by atoms with Crippen LogP contribution in [0, 0.1) is 5.41 Å². The van der Waals surface area contributed by atoms with Gasteiger partial charge in [0.15, 0.2) is 0 Å². The summed E-state index contributed by atoms with van der Waals surface area (Å²) in [6, 6.07) is 4.92. The van der Waals surface area contributed by atoms with Crippen molar-refractivity contribution in [1.29, 1.82) is 0 Å². The summed E-state index contributed by atoms with van der Waals surface area (Å²) < 4.78 is 6.09. The molecule has 1 aromatic carbocycles. The summed E-state index contributed by atoms with van der Waals surface area (Å²) in [6.45, 7) is 4.13. The second-order valence-corrected chi connectivity index (χ2v) is 6.38. The monoisotopic (exact) mass is 327 g/mol. The lowest BCUT2D eigenvalue weighted by Gasteiger charge is -2.51. The van der Waals surface area contributed by atoms with Gasteiger partial charge in [0.05, 0.1) is 11.7 Å². The molecule has 19 heavy (non-hydrogen) atoms. The minimum Gasteiger partial charge on any atom is -0.507 e. The van der Waals surface area contributed by atoms with Crippen LogP contribution in [0.4, 0.5) is 0 Å². The number of methoxy groups -OCH3 is 1. The molecule has 2 N–H and O–H groups in total. The maximum absolute atomic E-state index is 12.1. The van der Waals surface area contributed by atoms with Gasteiger partial charge in [0.25, 0.3) is 5.91 Å². The average Bonchev–Trinajstić information content (AvgIpc) is 2.33. The number of aromatic hydroxyl groups is 1. The van der Waals surface area contributed by atoms with E-state index in [-0.39, 0.29) is 29.2 Å². The van der Waals surface area contributed by atoms with Crippen molar-refractivity contribution in [2.24, 2.45) is 5.41 Å². The van der Waals surface area contributed by atoms with Gasteiger partial charge in [-0.2, -0.15) is 0 Å². The van der Waals surface area contributed by atoms with Gasteiger partial charge in [-0.3, -0.25) is 4.79 Å². The molecule has 1 aliphatic carbocycles. The van der Waals surface area contributed by atoms with E-state index in [0.29, 0.717) is 5.56 Å². The number of rotatable bonds is 3. The molecule has 1 aromatic rings. The van der Waals surface area contributed by atoms with Crippen molar-refractivity contribution in [2.75, 3.05) is 7.11 Å². The molecule has 0 aliphatic heterocycles. The Morgan fingerprint density at radius 3 is 2.74 bits per heavy atom. The van der Waals surface area contributed by atoms with Crippen LogP contribution in [0.25, 0.3) is 0 Å². The van der Waals surface area contributed by atoms with Crippen molar-refractivity contribution in [3.05, 3.63) is 28.2 Å². The van der Waals surface area contributed by atoms with Crippen molar-refractivity contribution in [3.8, 4) is 5.75 Å². The van der Waals surface area contributed by atoms with Gasteiger partial charge >= 0.3 is 0 Å². The molecule has 1 aliphatic rings. The van der Waals surface area contributed by atoms with Crippen LogP contribution < -0.4 is 5.32 Å². The summed E-state index contributed by atoms with van der Waals surface area (Å²) in [5, 5.41) is 12.7. The van der Waals surface area contributed by atoms with Gasteiger partial charge in [0.1, 0.15) is 5.75 Å². The molecule has 0 spiro atoms. The van der Waals surface area contributed by atoms with Crippen LogP contribution in [-0.4, -0.2) is 30.3 Å². The molecule has 5 heteroatoms. The Labute approximate surface area is 121 Å². The number of amides is 1. The van der Waals surface area contributed by atoms with Crippen LogP contribution in [0.1, 0.15) is 30.6 Å². The fourth-order valence-electron chi connectivity index (χ4n) is 2.46. The second kappa shape index (κ2) is 5.13. The molecule has 1 saturated carbocycles. The molecule has 2 unspecified atom stereocenters. The lowest BCUT2D eigenvalue weighted by atomic mass is 9.64. The molecule has 0 bridgehead atoms. The third-order valence-corrected chi connectivity index (χ3v) is 4.47. The molecule has 0 radical (unpaired) electrons. The lowest BCUT2D eigenvalue weighted by molar-refractivity contribution is -0.0942. The third-order valence-electron chi connectivity index (χ3n) is 3.97. The van der Waals surface area contributed by atoms with Gasteiger partial charge in [0.2, 0.25) is 0 Å². The summed E-state index contributed by atoms with van der Waals surface area (Å²) in [7, 11) is 1.69. The molecule has 2 atom stereocenters. The van der Waals surface area contributed by atoms with E-state index in [9.17, 15) is 9.90 Å². The Bertz CT molecular complexity index is 501. The van der Waals surface area contributed by atoms with Crippen LogP contribution in [0.15, 0.2) is 22.7 Å². The number of halogens is 1. The topological polar surface area (TPSA) is 58.6 Å². The summed E-state index contributed by atoms with van der Waals surface area (Å²) in [5.41, 5.74) is 0.204. The zero-order valence-corrected chi connectivity index (χ0v) is 12.8. The number of phenolic OH excluding ortho intramolecular Hbond substituents is 1. The van der Waals surface area contributed by atoms with E-state index >= 15 is 0 Å². The van der Waals surface area contributed by atoms with Crippen molar-refractivity contribution in [3.63, 3.8) is 0 Å². The zero-order chi connectivity index (χ0) is 14.2.